The molecule has 1 aliphatic carbocycles. The van der Waals surface area contributed by atoms with Gasteiger partial charge in [0.15, 0.2) is 0 Å². The lowest BCUT2D eigenvalue weighted by Gasteiger charge is -2.35. The number of halogens is 1. The van der Waals surface area contributed by atoms with Crippen LogP contribution in [0, 0.1) is 5.92 Å². The van der Waals surface area contributed by atoms with E-state index >= 15 is 0 Å². The van der Waals surface area contributed by atoms with E-state index in [2.05, 4.69) is 35.8 Å². The van der Waals surface area contributed by atoms with Gasteiger partial charge in [0.2, 0.25) is 0 Å². The van der Waals surface area contributed by atoms with Gasteiger partial charge in [-0.25, -0.2) is 9.97 Å². The molecule has 3 nitrogen and oxygen atoms in total. The number of rotatable bonds is 5. The minimum absolute atomic E-state index is 0.563. The van der Waals surface area contributed by atoms with E-state index in [-0.39, 0.29) is 0 Å². The predicted octanol–water partition coefficient (Wildman–Crippen LogP) is 4.49. The second-order valence-corrected chi connectivity index (χ2v) is 6.30. The van der Waals surface area contributed by atoms with E-state index in [4.69, 9.17) is 11.6 Å². The summed E-state index contributed by atoms with van der Waals surface area (Å²) >= 11 is 6.14. The third kappa shape index (κ3) is 3.85. The van der Waals surface area contributed by atoms with E-state index in [1.54, 1.807) is 0 Å². The highest BCUT2D eigenvalue weighted by molar-refractivity contribution is 6.29. The smallest absolute Gasteiger partial charge is 0.134 e. The lowest BCUT2D eigenvalue weighted by Crippen LogP contribution is -2.35. The normalized spacial score (nSPS) is 22.8. The molecule has 0 N–H and O–H groups in total. The van der Waals surface area contributed by atoms with Gasteiger partial charge in [-0.15, -0.1) is 0 Å². The largest absolute Gasteiger partial charge is 0.357 e. The molecule has 1 aromatic rings. The molecule has 1 aliphatic rings. The van der Waals surface area contributed by atoms with E-state index in [1.807, 2.05) is 6.07 Å². The van der Waals surface area contributed by atoms with Crippen molar-refractivity contribution in [2.75, 3.05) is 11.9 Å². The summed E-state index contributed by atoms with van der Waals surface area (Å²) in [6.45, 7) is 4.44. The number of hydrogen-bond acceptors (Lipinski definition) is 3. The summed E-state index contributed by atoms with van der Waals surface area (Å²) in [6.07, 6.45) is 8.46. The van der Waals surface area contributed by atoms with Gasteiger partial charge in [0.25, 0.3) is 0 Å². The summed E-state index contributed by atoms with van der Waals surface area (Å²) in [4.78, 5) is 11.3. The molecule has 0 bridgehead atoms. The maximum atomic E-state index is 6.14. The van der Waals surface area contributed by atoms with Crippen LogP contribution in [0.1, 0.15) is 58.2 Å². The number of hydrogen-bond donors (Lipinski definition) is 0. The van der Waals surface area contributed by atoms with Crippen molar-refractivity contribution in [3.63, 3.8) is 0 Å². The Labute approximate surface area is 127 Å². The Morgan fingerprint density at radius 3 is 2.50 bits per heavy atom. The van der Waals surface area contributed by atoms with E-state index in [1.165, 1.54) is 32.1 Å². The SMILES string of the molecule is CCCc1nc(Cl)cc(N(C)C2CCC(CC)CC2)n1. The van der Waals surface area contributed by atoms with Crippen molar-refractivity contribution in [1.29, 1.82) is 0 Å². The zero-order valence-corrected chi connectivity index (χ0v) is 13.7. The van der Waals surface area contributed by atoms with Crippen molar-refractivity contribution in [3.05, 3.63) is 17.0 Å². The highest BCUT2D eigenvalue weighted by atomic mass is 35.5. The van der Waals surface area contributed by atoms with Crippen LogP contribution >= 0.6 is 11.6 Å². The van der Waals surface area contributed by atoms with Crippen molar-refractivity contribution >= 4 is 17.4 Å². The number of aromatic nitrogens is 2. The Morgan fingerprint density at radius 1 is 1.20 bits per heavy atom. The quantitative estimate of drug-likeness (QED) is 0.750. The summed E-state index contributed by atoms with van der Waals surface area (Å²) in [5.74, 6) is 2.77. The molecule has 0 saturated heterocycles. The van der Waals surface area contributed by atoms with Crippen molar-refractivity contribution in [1.82, 2.24) is 9.97 Å². The van der Waals surface area contributed by atoms with Crippen LogP contribution < -0.4 is 4.90 Å². The summed E-state index contributed by atoms with van der Waals surface area (Å²) < 4.78 is 0. The predicted molar refractivity (Wildman–Crippen MR) is 85.5 cm³/mol. The zero-order valence-electron chi connectivity index (χ0n) is 12.9. The van der Waals surface area contributed by atoms with Gasteiger partial charge >= 0.3 is 0 Å². The first kappa shape index (κ1) is 15.6. The number of aryl methyl sites for hydroxylation is 1. The second kappa shape index (κ2) is 7.26. The number of anilines is 1. The molecule has 4 heteroatoms. The standard InChI is InChI=1S/C16H26ClN3/c1-4-6-15-18-14(17)11-16(19-15)20(3)13-9-7-12(5-2)8-10-13/h11-13H,4-10H2,1-3H3. The molecule has 0 aromatic carbocycles. The van der Waals surface area contributed by atoms with Crippen LogP contribution in [0.15, 0.2) is 6.07 Å². The molecule has 0 unspecified atom stereocenters. The minimum Gasteiger partial charge on any atom is -0.357 e. The Hall–Kier alpha value is -0.830. The highest BCUT2D eigenvalue weighted by Gasteiger charge is 2.24. The average molecular weight is 296 g/mol. The molecule has 20 heavy (non-hydrogen) atoms. The molecule has 1 heterocycles. The molecular weight excluding hydrogens is 270 g/mol. The lowest BCUT2D eigenvalue weighted by molar-refractivity contribution is 0.313. The van der Waals surface area contributed by atoms with Crippen LogP contribution in [0.3, 0.4) is 0 Å². The maximum Gasteiger partial charge on any atom is 0.134 e. The summed E-state index contributed by atoms with van der Waals surface area (Å²) in [6, 6.07) is 2.49. The van der Waals surface area contributed by atoms with Gasteiger partial charge in [-0.1, -0.05) is 31.9 Å². The first-order chi connectivity index (χ1) is 9.63. The van der Waals surface area contributed by atoms with Crippen LogP contribution in [-0.4, -0.2) is 23.1 Å². The average Bonchev–Trinajstić information content (AvgIpc) is 2.46. The summed E-state index contributed by atoms with van der Waals surface area (Å²) in [5, 5.41) is 0.563. The molecule has 0 amide bonds. The van der Waals surface area contributed by atoms with Gasteiger partial charge in [0.1, 0.15) is 16.8 Å². The third-order valence-electron chi connectivity index (χ3n) is 4.50. The van der Waals surface area contributed by atoms with Crippen LogP contribution in [-0.2, 0) is 6.42 Å². The van der Waals surface area contributed by atoms with Gasteiger partial charge < -0.3 is 4.90 Å². The van der Waals surface area contributed by atoms with Crippen LogP contribution in [0.25, 0.3) is 0 Å². The van der Waals surface area contributed by atoms with Crippen LogP contribution in [0.2, 0.25) is 5.15 Å². The molecule has 0 radical (unpaired) electrons. The van der Waals surface area contributed by atoms with Crippen molar-refractivity contribution in [2.24, 2.45) is 5.92 Å². The van der Waals surface area contributed by atoms with Gasteiger partial charge in [-0.05, 0) is 38.0 Å². The van der Waals surface area contributed by atoms with Gasteiger partial charge in [-0.2, -0.15) is 0 Å². The van der Waals surface area contributed by atoms with E-state index in [9.17, 15) is 0 Å². The first-order valence-electron chi connectivity index (χ1n) is 7.90. The minimum atomic E-state index is 0.563. The van der Waals surface area contributed by atoms with Gasteiger partial charge in [0, 0.05) is 25.6 Å². The van der Waals surface area contributed by atoms with Gasteiger partial charge in [-0.3, -0.25) is 0 Å². The van der Waals surface area contributed by atoms with Gasteiger partial charge in [0.05, 0.1) is 0 Å². The highest BCUT2D eigenvalue weighted by Crippen LogP contribution is 2.31. The second-order valence-electron chi connectivity index (χ2n) is 5.91. The van der Waals surface area contributed by atoms with Crippen molar-refractivity contribution in [2.45, 2.75) is 64.8 Å². The Kier molecular flexibility index (Phi) is 5.64. The summed E-state index contributed by atoms with van der Waals surface area (Å²) in [5.41, 5.74) is 0. The monoisotopic (exact) mass is 295 g/mol. The lowest BCUT2D eigenvalue weighted by atomic mass is 9.84. The molecule has 1 fully saturated rings. The van der Waals surface area contributed by atoms with Crippen molar-refractivity contribution < 1.29 is 0 Å². The molecule has 0 spiro atoms. The van der Waals surface area contributed by atoms with Crippen LogP contribution in [0.4, 0.5) is 5.82 Å². The molecular formula is C16H26ClN3. The molecule has 1 aromatic heterocycles. The summed E-state index contributed by atoms with van der Waals surface area (Å²) in [7, 11) is 2.14. The first-order valence-corrected chi connectivity index (χ1v) is 8.28. The van der Waals surface area contributed by atoms with Crippen LogP contribution in [0.5, 0.6) is 0 Å². The molecule has 1 saturated carbocycles. The van der Waals surface area contributed by atoms with E-state index < -0.39 is 0 Å². The number of nitrogens with zero attached hydrogens (tertiary/aromatic N) is 3. The van der Waals surface area contributed by atoms with Crippen molar-refractivity contribution in [3.8, 4) is 0 Å². The topological polar surface area (TPSA) is 29.0 Å². The third-order valence-corrected chi connectivity index (χ3v) is 4.70. The van der Waals surface area contributed by atoms with E-state index in [0.29, 0.717) is 11.2 Å². The van der Waals surface area contributed by atoms with E-state index in [0.717, 1.165) is 30.4 Å². The Bertz CT molecular complexity index is 428. The molecule has 112 valence electrons. The fourth-order valence-electron chi connectivity index (χ4n) is 3.10. The Balaban J connectivity index is 2.07. The Morgan fingerprint density at radius 2 is 1.90 bits per heavy atom. The molecule has 0 atom stereocenters. The maximum absolute atomic E-state index is 6.14. The molecule has 2 rings (SSSR count). The fourth-order valence-corrected chi connectivity index (χ4v) is 3.29. The fraction of sp³-hybridized carbons (Fsp3) is 0.750. The zero-order chi connectivity index (χ0) is 14.5. The molecule has 0 aliphatic heterocycles.